The Morgan fingerprint density at radius 3 is 0.985 bits per heavy atom. The van der Waals surface area contributed by atoms with Crippen molar-refractivity contribution in [3.8, 4) is 46.0 Å². The number of rotatable bonds is 5. The van der Waals surface area contributed by atoms with Crippen molar-refractivity contribution >= 4 is 87.2 Å². The third kappa shape index (κ3) is 5.31. The summed E-state index contributed by atoms with van der Waals surface area (Å²) in [7, 11) is 0. The smallest absolute Gasteiger partial charge is 0.104 e. The summed E-state index contributed by atoms with van der Waals surface area (Å²) in [6.45, 7) is 0. The van der Waals surface area contributed by atoms with E-state index in [9.17, 15) is 10.5 Å². The molecule has 6 heteroatoms. The quantitative estimate of drug-likeness (QED) is 0.173. The molecule has 0 saturated heterocycles. The molecule has 4 aromatic heterocycles. The van der Waals surface area contributed by atoms with E-state index in [0.717, 1.165) is 99.6 Å². The summed E-state index contributed by atoms with van der Waals surface area (Å²) < 4.78 is 9.25. The fourth-order valence-corrected chi connectivity index (χ4v) is 11.1. The predicted molar refractivity (Wildman–Crippen MR) is 279 cm³/mol. The van der Waals surface area contributed by atoms with Gasteiger partial charge in [-0.05, 0) is 96.1 Å². The van der Waals surface area contributed by atoms with Gasteiger partial charge in [0.1, 0.15) is 11.6 Å². The highest BCUT2D eigenvalue weighted by molar-refractivity contribution is 6.14. The highest BCUT2D eigenvalue weighted by atomic mass is 15.0. The van der Waals surface area contributed by atoms with E-state index in [1.54, 1.807) is 0 Å². The molecule has 6 nitrogen and oxygen atoms in total. The summed E-state index contributed by atoms with van der Waals surface area (Å²) in [6.07, 6.45) is 0. The van der Waals surface area contributed by atoms with Gasteiger partial charge in [0, 0.05) is 54.5 Å². The molecule has 314 valence electrons. The van der Waals surface area contributed by atoms with Crippen LogP contribution in [0.3, 0.4) is 0 Å². The molecule has 14 aromatic rings. The molecule has 0 amide bonds. The third-order valence-corrected chi connectivity index (χ3v) is 14.0. The van der Waals surface area contributed by atoms with E-state index in [0.29, 0.717) is 11.1 Å². The number of aromatic nitrogens is 4. The van der Waals surface area contributed by atoms with Crippen molar-refractivity contribution in [3.05, 3.63) is 230 Å². The molecule has 0 aliphatic heterocycles. The number of fused-ring (bicyclic) bond motifs is 12. The summed E-state index contributed by atoms with van der Waals surface area (Å²) in [4.78, 5) is 0. The van der Waals surface area contributed by atoms with Crippen LogP contribution in [0, 0.1) is 22.7 Å². The zero-order valence-corrected chi connectivity index (χ0v) is 36.5. The van der Waals surface area contributed by atoms with Crippen LogP contribution in [0.2, 0.25) is 0 Å². The van der Waals surface area contributed by atoms with Crippen molar-refractivity contribution in [3.63, 3.8) is 0 Å². The molecule has 0 unspecified atom stereocenters. The summed E-state index contributed by atoms with van der Waals surface area (Å²) in [5, 5.41) is 31.0. The lowest BCUT2D eigenvalue weighted by Crippen LogP contribution is -2.06. The summed E-state index contributed by atoms with van der Waals surface area (Å²) in [5.41, 5.74) is 14.8. The van der Waals surface area contributed by atoms with Crippen LogP contribution < -0.4 is 0 Å². The van der Waals surface area contributed by atoms with Crippen LogP contribution in [0.4, 0.5) is 0 Å². The van der Waals surface area contributed by atoms with E-state index >= 15 is 0 Å². The topological polar surface area (TPSA) is 67.3 Å². The molecular weight excluding hydrogens is 829 g/mol. The standard InChI is InChI=1S/C62H36N6/c63-37-39-14-13-15-40(32-39)41-33-59(67-57-26-11-5-20-48(57)50-30-28-42(35-61(50)67)65-53-22-7-1-16-44(53)45-17-2-8-23-54(45)65)52(38-64)60(34-41)68-58-27-12-6-21-49(58)51-31-29-43(36-62(51)68)66-55-24-9-3-18-46(55)47-19-4-10-25-56(47)66/h1-36H. The van der Waals surface area contributed by atoms with Gasteiger partial charge in [0.05, 0.1) is 67.1 Å². The Morgan fingerprint density at radius 2 is 0.618 bits per heavy atom. The summed E-state index contributed by atoms with van der Waals surface area (Å²) in [5.74, 6) is 0. The van der Waals surface area contributed by atoms with Crippen molar-refractivity contribution in [2.45, 2.75) is 0 Å². The predicted octanol–water partition coefficient (Wildman–Crippen LogP) is 15.5. The van der Waals surface area contributed by atoms with Gasteiger partial charge in [-0.1, -0.05) is 133 Å². The zero-order chi connectivity index (χ0) is 45.0. The molecule has 0 aliphatic rings. The Kier molecular flexibility index (Phi) is 8.01. The maximum Gasteiger partial charge on any atom is 0.104 e. The molecule has 68 heavy (non-hydrogen) atoms. The maximum absolute atomic E-state index is 11.8. The SMILES string of the molecule is N#Cc1cccc(-c2cc(-n3c4ccccc4c4ccc(-n5c6ccccc6c6ccccc65)cc43)c(C#N)c(-n3c4ccccc4c4ccc(-n5c6ccccc6c6ccccc65)cc43)c2)c1. The normalized spacial score (nSPS) is 11.8. The minimum absolute atomic E-state index is 0.528. The molecule has 0 N–H and O–H groups in total. The Hall–Kier alpha value is -9.62. The van der Waals surface area contributed by atoms with Gasteiger partial charge in [0.2, 0.25) is 0 Å². The molecule has 4 heterocycles. The second-order valence-electron chi connectivity index (χ2n) is 17.5. The molecule has 10 aromatic carbocycles. The Balaban J connectivity index is 1.10. The van der Waals surface area contributed by atoms with E-state index in [4.69, 9.17) is 0 Å². The second kappa shape index (κ2) is 14.4. The lowest BCUT2D eigenvalue weighted by Gasteiger charge is -2.19. The first-order valence-corrected chi connectivity index (χ1v) is 22.8. The average molecular weight is 865 g/mol. The Morgan fingerprint density at radius 1 is 0.265 bits per heavy atom. The molecule has 0 spiro atoms. The number of nitrogens with zero attached hydrogens (tertiary/aromatic N) is 6. The molecule has 0 fully saturated rings. The van der Waals surface area contributed by atoms with E-state index in [1.165, 1.54) is 21.5 Å². The van der Waals surface area contributed by atoms with Crippen molar-refractivity contribution in [1.29, 1.82) is 10.5 Å². The van der Waals surface area contributed by atoms with Gasteiger partial charge in [-0.2, -0.15) is 10.5 Å². The third-order valence-electron chi connectivity index (χ3n) is 14.0. The summed E-state index contributed by atoms with van der Waals surface area (Å²) >= 11 is 0. The minimum atomic E-state index is 0.528. The van der Waals surface area contributed by atoms with Crippen molar-refractivity contribution < 1.29 is 0 Å². The fraction of sp³-hybridized carbons (Fsp3) is 0. The lowest BCUT2D eigenvalue weighted by atomic mass is 9.98. The Labute approximate surface area is 389 Å². The molecule has 0 atom stereocenters. The highest BCUT2D eigenvalue weighted by Gasteiger charge is 2.24. The number of benzene rings is 10. The van der Waals surface area contributed by atoms with Gasteiger partial charge in [-0.3, -0.25) is 0 Å². The van der Waals surface area contributed by atoms with Crippen LogP contribution in [0.1, 0.15) is 11.1 Å². The van der Waals surface area contributed by atoms with E-state index in [-0.39, 0.29) is 0 Å². The van der Waals surface area contributed by atoms with Gasteiger partial charge in [0.25, 0.3) is 0 Å². The molecule has 0 radical (unpaired) electrons. The fourth-order valence-electron chi connectivity index (χ4n) is 11.1. The molecular formula is C62H36N6. The number of para-hydroxylation sites is 6. The van der Waals surface area contributed by atoms with Crippen molar-refractivity contribution in [2.24, 2.45) is 0 Å². The monoisotopic (exact) mass is 864 g/mol. The van der Waals surface area contributed by atoms with Gasteiger partial charge < -0.3 is 18.3 Å². The highest BCUT2D eigenvalue weighted by Crippen LogP contribution is 2.43. The van der Waals surface area contributed by atoms with Crippen LogP contribution in [0.15, 0.2) is 218 Å². The number of hydrogen-bond acceptors (Lipinski definition) is 2. The van der Waals surface area contributed by atoms with Gasteiger partial charge >= 0.3 is 0 Å². The zero-order valence-electron chi connectivity index (χ0n) is 36.5. The average Bonchev–Trinajstić information content (AvgIpc) is 4.13. The maximum atomic E-state index is 11.8. The minimum Gasteiger partial charge on any atom is -0.309 e. The number of hydrogen-bond donors (Lipinski definition) is 0. The lowest BCUT2D eigenvalue weighted by molar-refractivity contribution is 1.11. The first-order valence-electron chi connectivity index (χ1n) is 22.8. The van der Waals surface area contributed by atoms with Crippen molar-refractivity contribution in [2.75, 3.05) is 0 Å². The molecule has 14 rings (SSSR count). The van der Waals surface area contributed by atoms with Crippen LogP contribution in [-0.4, -0.2) is 18.3 Å². The van der Waals surface area contributed by atoms with Crippen LogP contribution >= 0.6 is 0 Å². The molecule has 0 bridgehead atoms. The van der Waals surface area contributed by atoms with Gasteiger partial charge in [-0.15, -0.1) is 0 Å². The second-order valence-corrected chi connectivity index (χ2v) is 17.5. The van der Waals surface area contributed by atoms with E-state index in [2.05, 4.69) is 225 Å². The van der Waals surface area contributed by atoms with Gasteiger partial charge in [0.15, 0.2) is 0 Å². The van der Waals surface area contributed by atoms with Crippen LogP contribution in [0.5, 0.6) is 0 Å². The van der Waals surface area contributed by atoms with E-state index in [1.807, 2.05) is 24.3 Å². The Bertz CT molecular complexity index is 4180. The van der Waals surface area contributed by atoms with E-state index < -0.39 is 0 Å². The largest absolute Gasteiger partial charge is 0.309 e. The van der Waals surface area contributed by atoms with Crippen LogP contribution in [-0.2, 0) is 0 Å². The molecule has 0 saturated carbocycles. The first-order chi connectivity index (χ1) is 33.7. The van der Waals surface area contributed by atoms with Crippen molar-refractivity contribution in [1.82, 2.24) is 18.3 Å². The van der Waals surface area contributed by atoms with Crippen LogP contribution in [0.25, 0.3) is 121 Å². The summed E-state index contributed by atoms with van der Waals surface area (Å²) in [6, 6.07) is 81.9. The first kappa shape index (κ1) is 37.7. The van der Waals surface area contributed by atoms with Gasteiger partial charge in [-0.25, -0.2) is 0 Å². The molecule has 0 aliphatic carbocycles. The number of nitriles is 2.